The third kappa shape index (κ3) is 5.29. The number of benzene rings is 1. The van der Waals surface area contributed by atoms with Gasteiger partial charge < -0.3 is 10.1 Å². The summed E-state index contributed by atoms with van der Waals surface area (Å²) in [6, 6.07) is 4.64. The summed E-state index contributed by atoms with van der Waals surface area (Å²) in [7, 11) is -2.38. The van der Waals surface area contributed by atoms with E-state index in [2.05, 4.69) is 5.32 Å². The van der Waals surface area contributed by atoms with Crippen LogP contribution in [0.4, 0.5) is 5.69 Å². The smallest absolute Gasteiger partial charge is 0.282 e. The van der Waals surface area contributed by atoms with Crippen LogP contribution in [0.5, 0.6) is 0 Å². The summed E-state index contributed by atoms with van der Waals surface area (Å²) in [6.07, 6.45) is -0.395. The molecule has 0 radical (unpaired) electrons. The van der Waals surface area contributed by atoms with Gasteiger partial charge in [-0.15, -0.1) is 0 Å². The number of rotatable bonds is 5. The first-order chi connectivity index (χ1) is 11.6. The lowest BCUT2D eigenvalue weighted by atomic mass is 10.3. The van der Waals surface area contributed by atoms with Crippen molar-refractivity contribution in [3.63, 3.8) is 0 Å². The van der Waals surface area contributed by atoms with Gasteiger partial charge in [-0.05, 0) is 32.0 Å². The average molecular weight is 410 g/mol. The molecule has 2 atom stereocenters. The number of amides is 1. The van der Waals surface area contributed by atoms with Gasteiger partial charge in [0.05, 0.1) is 28.8 Å². The van der Waals surface area contributed by atoms with Gasteiger partial charge in [-0.3, -0.25) is 4.79 Å². The van der Waals surface area contributed by atoms with E-state index < -0.39 is 16.1 Å². The SMILES string of the molecule is C[C@@H]1CN(S(=O)(=O)N(C)CC(=O)Nc2ccc(Cl)c(Cl)c2)C[C@H](C)O1. The fourth-order valence-corrected chi connectivity index (χ4v) is 4.34. The number of hydrogen-bond acceptors (Lipinski definition) is 4. The Hall–Kier alpha value is -0.900. The van der Waals surface area contributed by atoms with Crippen molar-refractivity contribution in [3.05, 3.63) is 28.2 Å². The number of carbonyl (C=O) groups is 1. The lowest BCUT2D eigenvalue weighted by Crippen LogP contribution is -2.53. The number of carbonyl (C=O) groups excluding carboxylic acids is 1. The minimum atomic E-state index is -3.75. The molecule has 0 spiro atoms. The predicted molar refractivity (Wildman–Crippen MR) is 98.2 cm³/mol. The molecule has 1 amide bonds. The number of ether oxygens (including phenoxy) is 1. The lowest BCUT2D eigenvalue weighted by Gasteiger charge is -2.36. The largest absolute Gasteiger partial charge is 0.373 e. The van der Waals surface area contributed by atoms with Crippen LogP contribution in [-0.2, 0) is 19.7 Å². The Morgan fingerprint density at radius 3 is 2.44 bits per heavy atom. The summed E-state index contributed by atoms with van der Waals surface area (Å²) in [5.41, 5.74) is 0.443. The molecule has 25 heavy (non-hydrogen) atoms. The number of nitrogens with one attached hydrogen (secondary N) is 1. The summed E-state index contributed by atoms with van der Waals surface area (Å²) in [6.45, 7) is 3.82. The van der Waals surface area contributed by atoms with Crippen molar-refractivity contribution < 1.29 is 17.9 Å². The number of halogens is 2. The van der Waals surface area contributed by atoms with E-state index in [0.29, 0.717) is 15.7 Å². The van der Waals surface area contributed by atoms with Crippen LogP contribution in [0.2, 0.25) is 10.0 Å². The van der Waals surface area contributed by atoms with Gasteiger partial charge in [0.1, 0.15) is 0 Å². The van der Waals surface area contributed by atoms with Crippen LogP contribution in [0.1, 0.15) is 13.8 Å². The molecule has 10 heteroatoms. The maximum Gasteiger partial charge on any atom is 0.282 e. The molecule has 0 aliphatic carbocycles. The third-order valence-corrected chi connectivity index (χ3v) is 6.28. The zero-order valence-electron chi connectivity index (χ0n) is 14.2. The molecule has 7 nitrogen and oxygen atoms in total. The maximum absolute atomic E-state index is 12.6. The van der Waals surface area contributed by atoms with Crippen molar-refractivity contribution in [2.45, 2.75) is 26.1 Å². The van der Waals surface area contributed by atoms with Gasteiger partial charge in [0.25, 0.3) is 10.2 Å². The molecule has 1 heterocycles. The molecule has 1 saturated heterocycles. The molecule has 2 rings (SSSR count). The van der Waals surface area contributed by atoms with E-state index in [1.807, 2.05) is 13.8 Å². The van der Waals surface area contributed by atoms with E-state index in [-0.39, 0.29) is 31.8 Å². The van der Waals surface area contributed by atoms with Gasteiger partial charge >= 0.3 is 0 Å². The highest BCUT2D eigenvalue weighted by atomic mass is 35.5. The van der Waals surface area contributed by atoms with E-state index in [1.54, 1.807) is 12.1 Å². The number of nitrogens with zero attached hydrogens (tertiary/aromatic N) is 2. The Morgan fingerprint density at radius 1 is 1.28 bits per heavy atom. The van der Waals surface area contributed by atoms with Crippen molar-refractivity contribution in [1.82, 2.24) is 8.61 Å². The molecule has 1 aliphatic rings. The minimum absolute atomic E-state index is 0.197. The first-order valence-corrected chi connectivity index (χ1v) is 9.86. The molecule has 0 unspecified atom stereocenters. The zero-order chi connectivity index (χ0) is 18.8. The Balaban J connectivity index is 2.00. The second-order valence-corrected chi connectivity index (χ2v) is 8.86. The van der Waals surface area contributed by atoms with Crippen LogP contribution in [0.3, 0.4) is 0 Å². The van der Waals surface area contributed by atoms with E-state index in [0.717, 1.165) is 4.31 Å². The third-order valence-electron chi connectivity index (χ3n) is 3.68. The molecule has 0 aromatic heterocycles. The van der Waals surface area contributed by atoms with Crippen LogP contribution in [0.25, 0.3) is 0 Å². The monoisotopic (exact) mass is 409 g/mol. The predicted octanol–water partition coefficient (Wildman–Crippen LogP) is 2.22. The fraction of sp³-hybridized carbons (Fsp3) is 0.533. The van der Waals surface area contributed by atoms with Crippen molar-refractivity contribution in [2.24, 2.45) is 0 Å². The highest BCUT2D eigenvalue weighted by molar-refractivity contribution is 7.86. The summed E-state index contributed by atoms with van der Waals surface area (Å²) in [5.74, 6) is -0.473. The van der Waals surface area contributed by atoms with Gasteiger partial charge in [0.2, 0.25) is 5.91 Å². The van der Waals surface area contributed by atoms with Crippen molar-refractivity contribution in [2.75, 3.05) is 32.0 Å². The van der Waals surface area contributed by atoms with Crippen LogP contribution in [0, 0.1) is 0 Å². The van der Waals surface area contributed by atoms with E-state index in [4.69, 9.17) is 27.9 Å². The molecular weight excluding hydrogens is 389 g/mol. The molecule has 1 fully saturated rings. The fourth-order valence-electron chi connectivity index (χ4n) is 2.57. The maximum atomic E-state index is 12.6. The van der Waals surface area contributed by atoms with Crippen molar-refractivity contribution in [3.8, 4) is 0 Å². The van der Waals surface area contributed by atoms with Crippen LogP contribution >= 0.6 is 23.2 Å². The van der Waals surface area contributed by atoms with E-state index in [1.165, 1.54) is 17.4 Å². The minimum Gasteiger partial charge on any atom is -0.373 e. The van der Waals surface area contributed by atoms with Gasteiger partial charge in [-0.2, -0.15) is 17.0 Å². The van der Waals surface area contributed by atoms with Crippen LogP contribution in [-0.4, -0.2) is 61.8 Å². The highest BCUT2D eigenvalue weighted by Crippen LogP contribution is 2.25. The van der Waals surface area contributed by atoms with Crippen molar-refractivity contribution in [1.29, 1.82) is 0 Å². The Morgan fingerprint density at radius 2 is 1.88 bits per heavy atom. The Labute approximate surface area is 158 Å². The molecule has 0 saturated carbocycles. The highest BCUT2D eigenvalue weighted by Gasteiger charge is 2.34. The summed E-state index contributed by atoms with van der Waals surface area (Å²) >= 11 is 11.7. The quantitative estimate of drug-likeness (QED) is 0.808. The van der Waals surface area contributed by atoms with Gasteiger partial charge in [0, 0.05) is 25.8 Å². The second-order valence-electron chi connectivity index (χ2n) is 6.02. The topological polar surface area (TPSA) is 79.0 Å². The summed E-state index contributed by atoms with van der Waals surface area (Å²) in [5, 5.41) is 3.27. The number of morpholine rings is 1. The standard InChI is InChI=1S/C15H21Cl2N3O4S/c1-10-7-20(8-11(2)24-10)25(22,23)19(3)9-15(21)18-12-4-5-13(16)14(17)6-12/h4-6,10-11H,7-9H2,1-3H3,(H,18,21)/t10-,11+. The summed E-state index contributed by atoms with van der Waals surface area (Å²) < 4.78 is 33.2. The van der Waals surface area contributed by atoms with Crippen molar-refractivity contribution >= 4 is 45.0 Å². The Kier molecular flexibility index (Phi) is 6.69. The molecule has 1 N–H and O–H groups in total. The van der Waals surface area contributed by atoms with Gasteiger partial charge in [-0.1, -0.05) is 23.2 Å². The number of anilines is 1. The number of likely N-dealkylation sites (N-methyl/N-ethyl adjacent to an activating group) is 1. The first kappa shape index (κ1) is 20.4. The van der Waals surface area contributed by atoms with Crippen LogP contribution < -0.4 is 5.32 Å². The molecule has 140 valence electrons. The van der Waals surface area contributed by atoms with Crippen LogP contribution in [0.15, 0.2) is 18.2 Å². The molecule has 0 bridgehead atoms. The van der Waals surface area contributed by atoms with E-state index >= 15 is 0 Å². The molecule has 1 aliphatic heterocycles. The molecule has 1 aromatic carbocycles. The second kappa shape index (κ2) is 8.20. The first-order valence-electron chi connectivity index (χ1n) is 7.71. The molecule has 1 aromatic rings. The van der Waals surface area contributed by atoms with E-state index in [9.17, 15) is 13.2 Å². The van der Waals surface area contributed by atoms with Gasteiger partial charge in [0.15, 0.2) is 0 Å². The average Bonchev–Trinajstić information content (AvgIpc) is 2.49. The lowest BCUT2D eigenvalue weighted by molar-refractivity contribution is -0.116. The zero-order valence-corrected chi connectivity index (χ0v) is 16.5. The Bertz CT molecular complexity index is 734. The summed E-state index contributed by atoms with van der Waals surface area (Å²) in [4.78, 5) is 12.1. The normalized spacial score (nSPS) is 22.2. The molecular formula is C15H21Cl2N3O4S. The van der Waals surface area contributed by atoms with Gasteiger partial charge in [-0.25, -0.2) is 0 Å². The number of hydrogen-bond donors (Lipinski definition) is 1.